The molecule has 2 N–H and O–H groups in total. The Balaban J connectivity index is 2.65. The fourth-order valence-corrected chi connectivity index (χ4v) is 1.60. The molecule has 3 nitrogen and oxygen atoms in total. The van der Waals surface area contributed by atoms with E-state index in [1.807, 2.05) is 13.8 Å². The van der Waals surface area contributed by atoms with Gasteiger partial charge in [0.15, 0.2) is 0 Å². The second kappa shape index (κ2) is 5.56. The van der Waals surface area contributed by atoms with Crippen LogP contribution in [0, 0.1) is 13.8 Å². The third-order valence-corrected chi connectivity index (χ3v) is 2.87. The zero-order valence-corrected chi connectivity index (χ0v) is 10.8. The van der Waals surface area contributed by atoms with Crippen molar-refractivity contribution in [3.8, 4) is 0 Å². The Morgan fingerprint density at radius 3 is 2.50 bits per heavy atom. The van der Waals surface area contributed by atoms with Crippen LogP contribution in [0.15, 0.2) is 6.20 Å². The molecule has 1 rings (SSSR count). The maximum Gasteiger partial charge on any atom is 0.390 e. The number of anilines is 1. The number of hydrogen-bond donors (Lipinski definition) is 1. The maximum atomic E-state index is 12.1. The number of aryl methyl sites for hydroxylation is 1. The SMILES string of the molecule is Cc1cnc(CN(C)CCC(F)(F)F)c(C)c1N. The Bertz CT molecular complexity index is 416. The number of nitrogen functional groups attached to an aromatic ring is 1. The van der Waals surface area contributed by atoms with Gasteiger partial charge in [-0.15, -0.1) is 0 Å². The normalized spacial score (nSPS) is 12.2. The Kier molecular flexibility index (Phi) is 4.56. The Labute approximate surface area is 105 Å². The first-order valence-corrected chi connectivity index (χ1v) is 5.66. The molecule has 0 aliphatic heterocycles. The molecule has 1 aromatic rings. The maximum absolute atomic E-state index is 12.1. The first-order valence-electron chi connectivity index (χ1n) is 5.66. The molecule has 18 heavy (non-hydrogen) atoms. The van der Waals surface area contributed by atoms with Gasteiger partial charge in [-0.3, -0.25) is 4.98 Å². The average Bonchev–Trinajstić information content (AvgIpc) is 2.26. The summed E-state index contributed by atoms with van der Waals surface area (Å²) in [6, 6.07) is 0. The molecular formula is C12H18F3N3. The molecule has 102 valence electrons. The number of aromatic nitrogens is 1. The van der Waals surface area contributed by atoms with Crippen molar-refractivity contribution in [2.24, 2.45) is 0 Å². The van der Waals surface area contributed by atoms with Crippen molar-refractivity contribution in [3.63, 3.8) is 0 Å². The Morgan fingerprint density at radius 1 is 1.33 bits per heavy atom. The summed E-state index contributed by atoms with van der Waals surface area (Å²) in [5.74, 6) is 0. The van der Waals surface area contributed by atoms with E-state index in [-0.39, 0.29) is 6.54 Å². The average molecular weight is 261 g/mol. The summed E-state index contributed by atoms with van der Waals surface area (Å²) in [5.41, 5.74) is 8.97. The lowest BCUT2D eigenvalue weighted by atomic mass is 10.1. The molecule has 0 aliphatic rings. The topological polar surface area (TPSA) is 42.2 Å². The molecule has 0 saturated carbocycles. The molecule has 0 fully saturated rings. The fraction of sp³-hybridized carbons (Fsp3) is 0.583. The number of hydrogen-bond acceptors (Lipinski definition) is 3. The van der Waals surface area contributed by atoms with Gasteiger partial charge < -0.3 is 10.6 Å². The van der Waals surface area contributed by atoms with Crippen LogP contribution in [-0.2, 0) is 6.54 Å². The van der Waals surface area contributed by atoms with Crippen LogP contribution in [0.25, 0.3) is 0 Å². The van der Waals surface area contributed by atoms with Crippen LogP contribution in [0.4, 0.5) is 18.9 Å². The number of nitrogens with two attached hydrogens (primary N) is 1. The second-order valence-electron chi connectivity index (χ2n) is 4.53. The lowest BCUT2D eigenvalue weighted by Gasteiger charge is -2.19. The van der Waals surface area contributed by atoms with Crippen LogP contribution in [0.5, 0.6) is 0 Å². The predicted molar refractivity (Wildman–Crippen MR) is 65.1 cm³/mol. The minimum Gasteiger partial charge on any atom is -0.398 e. The molecule has 0 aromatic carbocycles. The molecule has 0 atom stereocenters. The van der Waals surface area contributed by atoms with Gasteiger partial charge in [0.25, 0.3) is 0 Å². The monoisotopic (exact) mass is 261 g/mol. The van der Waals surface area contributed by atoms with Gasteiger partial charge in [0, 0.05) is 25.0 Å². The van der Waals surface area contributed by atoms with Crippen molar-refractivity contribution in [2.45, 2.75) is 33.0 Å². The van der Waals surface area contributed by atoms with E-state index in [0.29, 0.717) is 12.2 Å². The van der Waals surface area contributed by atoms with Crippen LogP contribution >= 0.6 is 0 Å². The van der Waals surface area contributed by atoms with E-state index in [4.69, 9.17) is 5.73 Å². The minimum absolute atomic E-state index is 0.0433. The molecule has 0 unspecified atom stereocenters. The first kappa shape index (κ1) is 14.8. The summed E-state index contributed by atoms with van der Waals surface area (Å²) in [4.78, 5) is 5.81. The molecule has 1 heterocycles. The lowest BCUT2D eigenvalue weighted by molar-refractivity contribution is -0.137. The lowest BCUT2D eigenvalue weighted by Crippen LogP contribution is -2.25. The van der Waals surface area contributed by atoms with Crippen LogP contribution < -0.4 is 5.73 Å². The van der Waals surface area contributed by atoms with Crippen molar-refractivity contribution in [1.29, 1.82) is 0 Å². The number of pyridine rings is 1. The van der Waals surface area contributed by atoms with Gasteiger partial charge in [0.2, 0.25) is 0 Å². The summed E-state index contributed by atoms with van der Waals surface area (Å²) in [5, 5.41) is 0. The first-order chi connectivity index (χ1) is 8.20. The molecule has 0 aliphatic carbocycles. The summed E-state index contributed by atoms with van der Waals surface area (Å²) in [6.07, 6.45) is -3.29. The van der Waals surface area contributed by atoms with E-state index in [1.54, 1.807) is 18.1 Å². The summed E-state index contributed by atoms with van der Waals surface area (Å²) in [6.45, 7) is 4.01. The van der Waals surface area contributed by atoms with Gasteiger partial charge in [-0.2, -0.15) is 13.2 Å². The molecule has 6 heteroatoms. The highest BCUT2D eigenvalue weighted by Crippen LogP contribution is 2.21. The molecule has 1 aromatic heterocycles. The number of rotatable bonds is 4. The summed E-state index contributed by atoms with van der Waals surface area (Å²) < 4.78 is 36.3. The van der Waals surface area contributed by atoms with Crippen molar-refractivity contribution < 1.29 is 13.2 Å². The van der Waals surface area contributed by atoms with E-state index in [2.05, 4.69) is 4.98 Å². The minimum atomic E-state index is -4.12. The molecule has 0 radical (unpaired) electrons. The number of halogens is 3. The third-order valence-electron chi connectivity index (χ3n) is 2.87. The van der Waals surface area contributed by atoms with E-state index < -0.39 is 12.6 Å². The molecule has 0 spiro atoms. The highest BCUT2D eigenvalue weighted by Gasteiger charge is 2.27. The van der Waals surface area contributed by atoms with E-state index >= 15 is 0 Å². The largest absolute Gasteiger partial charge is 0.398 e. The molecular weight excluding hydrogens is 243 g/mol. The smallest absolute Gasteiger partial charge is 0.390 e. The van der Waals surface area contributed by atoms with Gasteiger partial charge >= 0.3 is 6.18 Å². The quantitative estimate of drug-likeness (QED) is 0.906. The Morgan fingerprint density at radius 2 is 1.94 bits per heavy atom. The van der Waals surface area contributed by atoms with Gasteiger partial charge in [-0.1, -0.05) is 0 Å². The van der Waals surface area contributed by atoms with Crippen LogP contribution in [-0.4, -0.2) is 29.7 Å². The summed E-state index contributed by atoms with van der Waals surface area (Å²) >= 11 is 0. The zero-order chi connectivity index (χ0) is 13.9. The standard InChI is InChI=1S/C12H18F3N3/c1-8-6-17-10(9(2)11(8)16)7-18(3)5-4-12(13,14)15/h6H,4-5,7H2,1-3H3,(H2,16,17). The van der Waals surface area contributed by atoms with E-state index in [0.717, 1.165) is 16.8 Å². The Hall–Kier alpha value is -1.30. The highest BCUT2D eigenvalue weighted by atomic mass is 19.4. The predicted octanol–water partition coefficient (Wildman–Crippen LogP) is 2.66. The molecule has 0 bridgehead atoms. The molecule has 0 saturated heterocycles. The van der Waals surface area contributed by atoms with E-state index in [1.165, 1.54) is 0 Å². The second-order valence-corrected chi connectivity index (χ2v) is 4.53. The van der Waals surface area contributed by atoms with Crippen LogP contribution in [0.3, 0.4) is 0 Å². The third kappa shape index (κ3) is 4.18. The van der Waals surface area contributed by atoms with Gasteiger partial charge in [-0.25, -0.2) is 0 Å². The van der Waals surface area contributed by atoms with Crippen molar-refractivity contribution in [3.05, 3.63) is 23.0 Å². The van der Waals surface area contributed by atoms with Gasteiger partial charge in [-0.05, 0) is 32.0 Å². The van der Waals surface area contributed by atoms with Gasteiger partial charge in [0.05, 0.1) is 12.1 Å². The van der Waals surface area contributed by atoms with E-state index in [9.17, 15) is 13.2 Å². The zero-order valence-electron chi connectivity index (χ0n) is 10.8. The van der Waals surface area contributed by atoms with Crippen molar-refractivity contribution in [1.82, 2.24) is 9.88 Å². The van der Waals surface area contributed by atoms with Crippen molar-refractivity contribution in [2.75, 3.05) is 19.3 Å². The summed E-state index contributed by atoms with van der Waals surface area (Å²) in [7, 11) is 1.64. The number of nitrogens with zero attached hydrogens (tertiary/aromatic N) is 2. The van der Waals surface area contributed by atoms with Crippen LogP contribution in [0.1, 0.15) is 23.2 Å². The fourth-order valence-electron chi connectivity index (χ4n) is 1.60. The van der Waals surface area contributed by atoms with Crippen LogP contribution in [0.2, 0.25) is 0 Å². The molecule has 0 amide bonds. The highest BCUT2D eigenvalue weighted by molar-refractivity contribution is 5.53. The van der Waals surface area contributed by atoms with Crippen molar-refractivity contribution >= 4 is 5.69 Å². The number of alkyl halides is 3. The van der Waals surface area contributed by atoms with Gasteiger partial charge in [0.1, 0.15) is 0 Å².